The molecule has 0 aromatic heterocycles. The first-order chi connectivity index (χ1) is 7.20. The van der Waals surface area contributed by atoms with Gasteiger partial charge >= 0.3 is 0 Å². The molecule has 78 valence electrons. The summed E-state index contributed by atoms with van der Waals surface area (Å²) in [7, 11) is 0. The molecule has 0 bridgehead atoms. The monoisotopic (exact) mass is 198 g/mol. The number of benzene rings is 2. The first-order valence-corrected chi connectivity index (χ1v) is 5.70. The second-order valence-corrected chi connectivity index (χ2v) is 4.37. The topological polar surface area (TPSA) is 0 Å². The maximum atomic E-state index is 2.32. The Balaban J connectivity index is 2.56. The van der Waals surface area contributed by atoms with E-state index in [1.165, 1.54) is 40.3 Å². The molecular weight excluding hydrogens is 180 g/mol. The molecule has 0 aliphatic carbocycles. The third-order valence-corrected chi connectivity index (χ3v) is 3.06. The van der Waals surface area contributed by atoms with E-state index in [0.29, 0.717) is 0 Å². The van der Waals surface area contributed by atoms with Crippen LogP contribution < -0.4 is 0 Å². The van der Waals surface area contributed by atoms with Crippen molar-refractivity contribution in [2.24, 2.45) is 0 Å². The van der Waals surface area contributed by atoms with Crippen LogP contribution in [0.5, 0.6) is 0 Å². The lowest BCUT2D eigenvalue weighted by Gasteiger charge is -2.06. The van der Waals surface area contributed by atoms with E-state index >= 15 is 0 Å². The Kier molecular flexibility index (Phi) is 2.77. The van der Waals surface area contributed by atoms with E-state index < -0.39 is 0 Å². The summed E-state index contributed by atoms with van der Waals surface area (Å²) in [6.07, 6.45) is 2.40. The second kappa shape index (κ2) is 4.06. The second-order valence-electron chi connectivity index (χ2n) is 4.37. The minimum atomic E-state index is 1.18. The predicted octanol–water partition coefficient (Wildman–Crippen LogP) is 4.41. The lowest BCUT2D eigenvalue weighted by atomic mass is 9.99. The molecular formula is C15H18. The van der Waals surface area contributed by atoms with Gasteiger partial charge in [-0.2, -0.15) is 0 Å². The van der Waals surface area contributed by atoms with Gasteiger partial charge in [-0.05, 0) is 47.7 Å². The largest absolute Gasteiger partial charge is 0.0651 e. The Morgan fingerprint density at radius 3 is 2.20 bits per heavy atom. The molecule has 2 aromatic rings. The summed E-state index contributed by atoms with van der Waals surface area (Å²) in [5, 5.41) is 2.74. The molecule has 0 spiro atoms. The van der Waals surface area contributed by atoms with Crippen LogP contribution in [-0.4, -0.2) is 0 Å². The zero-order valence-corrected chi connectivity index (χ0v) is 9.80. The van der Waals surface area contributed by atoms with E-state index in [1.807, 2.05) is 0 Å². The van der Waals surface area contributed by atoms with Gasteiger partial charge in [0.2, 0.25) is 0 Å². The van der Waals surface area contributed by atoms with Gasteiger partial charge in [0.15, 0.2) is 0 Å². The minimum absolute atomic E-state index is 1.18. The van der Waals surface area contributed by atoms with E-state index in [4.69, 9.17) is 0 Å². The van der Waals surface area contributed by atoms with E-state index in [1.54, 1.807) is 0 Å². The van der Waals surface area contributed by atoms with Crippen LogP contribution in [0.15, 0.2) is 30.3 Å². The van der Waals surface area contributed by atoms with Gasteiger partial charge in [-0.25, -0.2) is 0 Å². The molecule has 0 saturated heterocycles. The fourth-order valence-corrected chi connectivity index (χ4v) is 2.02. The van der Waals surface area contributed by atoms with Crippen molar-refractivity contribution in [2.75, 3.05) is 0 Å². The van der Waals surface area contributed by atoms with Crippen LogP contribution >= 0.6 is 0 Å². The van der Waals surface area contributed by atoms with Crippen LogP contribution in [-0.2, 0) is 6.42 Å². The molecule has 0 heterocycles. The Bertz CT molecular complexity index is 481. The smallest absolute Gasteiger partial charge is 0.0178 e. The number of rotatable bonds is 2. The molecule has 0 unspecified atom stereocenters. The van der Waals surface area contributed by atoms with Gasteiger partial charge in [0.25, 0.3) is 0 Å². The summed E-state index contributed by atoms with van der Waals surface area (Å²) in [6.45, 7) is 6.58. The zero-order valence-electron chi connectivity index (χ0n) is 9.80. The predicted molar refractivity (Wildman–Crippen MR) is 67.4 cm³/mol. The molecule has 0 nitrogen and oxygen atoms in total. The van der Waals surface area contributed by atoms with Crippen LogP contribution in [0.1, 0.15) is 30.0 Å². The van der Waals surface area contributed by atoms with Crippen LogP contribution in [0, 0.1) is 13.8 Å². The number of fused-ring (bicyclic) bond motifs is 1. The molecule has 0 saturated carbocycles. The van der Waals surface area contributed by atoms with Crippen molar-refractivity contribution < 1.29 is 0 Å². The highest BCUT2D eigenvalue weighted by Gasteiger charge is 1.99. The van der Waals surface area contributed by atoms with Gasteiger partial charge in [0.1, 0.15) is 0 Å². The van der Waals surface area contributed by atoms with Crippen molar-refractivity contribution in [1.29, 1.82) is 0 Å². The van der Waals surface area contributed by atoms with Crippen molar-refractivity contribution in [2.45, 2.75) is 33.6 Å². The minimum Gasteiger partial charge on any atom is -0.0651 e. The van der Waals surface area contributed by atoms with Gasteiger partial charge in [-0.15, -0.1) is 0 Å². The Morgan fingerprint density at radius 1 is 0.867 bits per heavy atom. The average molecular weight is 198 g/mol. The van der Waals surface area contributed by atoms with Crippen LogP contribution in [0.2, 0.25) is 0 Å². The average Bonchev–Trinajstić information content (AvgIpc) is 2.21. The van der Waals surface area contributed by atoms with Gasteiger partial charge < -0.3 is 0 Å². The molecule has 0 atom stereocenters. The van der Waals surface area contributed by atoms with Gasteiger partial charge in [0, 0.05) is 0 Å². The molecule has 0 aliphatic heterocycles. The SMILES string of the molecule is CCCc1ccc2cc(C)c(C)cc2c1. The van der Waals surface area contributed by atoms with E-state index in [-0.39, 0.29) is 0 Å². The third kappa shape index (κ3) is 2.04. The fraction of sp³-hybridized carbons (Fsp3) is 0.333. The van der Waals surface area contributed by atoms with Crippen molar-refractivity contribution >= 4 is 10.8 Å². The number of hydrogen-bond acceptors (Lipinski definition) is 0. The van der Waals surface area contributed by atoms with E-state index in [9.17, 15) is 0 Å². The molecule has 0 radical (unpaired) electrons. The van der Waals surface area contributed by atoms with Crippen LogP contribution in [0.3, 0.4) is 0 Å². The van der Waals surface area contributed by atoms with Crippen LogP contribution in [0.25, 0.3) is 10.8 Å². The highest BCUT2D eigenvalue weighted by Crippen LogP contribution is 2.21. The fourth-order valence-electron chi connectivity index (χ4n) is 2.02. The molecule has 0 fully saturated rings. The lowest BCUT2D eigenvalue weighted by Crippen LogP contribution is -1.86. The number of aryl methyl sites for hydroxylation is 3. The maximum absolute atomic E-state index is 2.32. The molecule has 15 heavy (non-hydrogen) atoms. The zero-order chi connectivity index (χ0) is 10.8. The molecule has 0 amide bonds. The maximum Gasteiger partial charge on any atom is -0.0178 e. The summed E-state index contributed by atoms with van der Waals surface area (Å²) >= 11 is 0. The molecule has 2 rings (SSSR count). The van der Waals surface area contributed by atoms with Crippen molar-refractivity contribution in [3.63, 3.8) is 0 Å². The molecule has 0 heteroatoms. The van der Waals surface area contributed by atoms with Crippen molar-refractivity contribution in [3.05, 3.63) is 47.0 Å². The van der Waals surface area contributed by atoms with Crippen molar-refractivity contribution in [1.82, 2.24) is 0 Å². The standard InChI is InChI=1S/C15H18/c1-4-5-13-6-7-14-8-11(2)12(3)9-15(14)10-13/h6-10H,4-5H2,1-3H3. The summed E-state index contributed by atoms with van der Waals surface area (Å²) in [6, 6.07) is 11.4. The highest BCUT2D eigenvalue weighted by molar-refractivity contribution is 5.84. The van der Waals surface area contributed by atoms with E-state index in [0.717, 1.165) is 0 Å². The highest BCUT2D eigenvalue weighted by atomic mass is 14.0. The van der Waals surface area contributed by atoms with Crippen molar-refractivity contribution in [3.8, 4) is 0 Å². The van der Waals surface area contributed by atoms with Gasteiger partial charge in [-0.1, -0.05) is 43.7 Å². The number of hydrogen-bond donors (Lipinski definition) is 0. The van der Waals surface area contributed by atoms with E-state index in [2.05, 4.69) is 51.1 Å². The molecule has 0 aliphatic rings. The normalized spacial score (nSPS) is 10.9. The molecule has 0 N–H and O–H groups in total. The lowest BCUT2D eigenvalue weighted by molar-refractivity contribution is 0.923. The third-order valence-electron chi connectivity index (χ3n) is 3.06. The summed E-state index contributed by atoms with van der Waals surface area (Å²) in [4.78, 5) is 0. The quantitative estimate of drug-likeness (QED) is 0.670. The van der Waals surface area contributed by atoms with Gasteiger partial charge in [-0.3, -0.25) is 0 Å². The Morgan fingerprint density at radius 2 is 1.53 bits per heavy atom. The first kappa shape index (κ1) is 10.2. The molecule has 2 aromatic carbocycles. The Hall–Kier alpha value is -1.30. The van der Waals surface area contributed by atoms with Crippen LogP contribution in [0.4, 0.5) is 0 Å². The van der Waals surface area contributed by atoms with Gasteiger partial charge in [0.05, 0.1) is 0 Å². The summed E-state index contributed by atoms with van der Waals surface area (Å²) in [5.41, 5.74) is 4.22. The first-order valence-electron chi connectivity index (χ1n) is 5.70. The Labute approximate surface area is 91.9 Å². The summed E-state index contributed by atoms with van der Waals surface area (Å²) in [5.74, 6) is 0. The summed E-state index contributed by atoms with van der Waals surface area (Å²) < 4.78 is 0.